The van der Waals surface area contributed by atoms with E-state index in [1.807, 2.05) is 43.3 Å². The van der Waals surface area contributed by atoms with Gasteiger partial charge in [0.15, 0.2) is 0 Å². The first-order valence-corrected chi connectivity index (χ1v) is 5.50. The van der Waals surface area contributed by atoms with Crippen molar-refractivity contribution in [2.24, 2.45) is 0 Å². The van der Waals surface area contributed by atoms with Crippen LogP contribution in [-0.4, -0.2) is 0 Å². The number of benzene rings is 2. The predicted octanol–water partition coefficient (Wildman–Crippen LogP) is 4.17. The lowest BCUT2D eigenvalue weighted by atomic mass is 10.0. The SMILES string of the molecule is CC#Cc1ccc(-c2ccc(C)cc2F)cc1. The van der Waals surface area contributed by atoms with E-state index in [1.54, 1.807) is 13.0 Å². The van der Waals surface area contributed by atoms with Crippen LogP contribution in [0.15, 0.2) is 42.5 Å². The molecule has 0 unspecified atom stereocenters. The summed E-state index contributed by atoms with van der Waals surface area (Å²) < 4.78 is 13.8. The molecule has 0 aliphatic rings. The predicted molar refractivity (Wildman–Crippen MR) is 69.1 cm³/mol. The molecule has 2 aromatic carbocycles. The highest BCUT2D eigenvalue weighted by molar-refractivity contribution is 5.65. The molecule has 0 saturated heterocycles. The van der Waals surface area contributed by atoms with Crippen LogP contribution in [-0.2, 0) is 0 Å². The van der Waals surface area contributed by atoms with Gasteiger partial charge in [0.05, 0.1) is 0 Å². The summed E-state index contributed by atoms with van der Waals surface area (Å²) in [4.78, 5) is 0. The second-order valence-electron chi connectivity index (χ2n) is 3.94. The second-order valence-corrected chi connectivity index (χ2v) is 3.94. The monoisotopic (exact) mass is 224 g/mol. The van der Waals surface area contributed by atoms with Crippen LogP contribution in [0.2, 0.25) is 0 Å². The van der Waals surface area contributed by atoms with Crippen molar-refractivity contribution in [3.63, 3.8) is 0 Å². The largest absolute Gasteiger partial charge is 0.206 e. The van der Waals surface area contributed by atoms with E-state index in [2.05, 4.69) is 11.8 Å². The molecule has 0 bridgehead atoms. The van der Waals surface area contributed by atoms with Crippen LogP contribution < -0.4 is 0 Å². The molecule has 84 valence electrons. The Morgan fingerprint density at radius 2 is 1.71 bits per heavy atom. The molecule has 0 heterocycles. The van der Waals surface area contributed by atoms with Crippen molar-refractivity contribution in [3.05, 3.63) is 59.4 Å². The van der Waals surface area contributed by atoms with Crippen molar-refractivity contribution < 1.29 is 4.39 Å². The lowest BCUT2D eigenvalue weighted by Gasteiger charge is -2.04. The van der Waals surface area contributed by atoms with E-state index >= 15 is 0 Å². The molecule has 17 heavy (non-hydrogen) atoms. The minimum Gasteiger partial charge on any atom is -0.206 e. The third kappa shape index (κ3) is 2.54. The lowest BCUT2D eigenvalue weighted by Crippen LogP contribution is -1.86. The fourth-order valence-corrected chi connectivity index (χ4v) is 1.73. The first-order chi connectivity index (χ1) is 8.20. The molecule has 0 aliphatic heterocycles. The highest BCUT2D eigenvalue weighted by Gasteiger charge is 2.04. The minimum atomic E-state index is -0.181. The van der Waals surface area contributed by atoms with Crippen LogP contribution in [0.4, 0.5) is 4.39 Å². The van der Waals surface area contributed by atoms with Gasteiger partial charge in [0.25, 0.3) is 0 Å². The second kappa shape index (κ2) is 4.84. The third-order valence-electron chi connectivity index (χ3n) is 2.59. The van der Waals surface area contributed by atoms with Crippen molar-refractivity contribution in [3.8, 4) is 23.0 Å². The first-order valence-electron chi connectivity index (χ1n) is 5.50. The van der Waals surface area contributed by atoms with E-state index in [-0.39, 0.29) is 5.82 Å². The molecular formula is C16H13F. The van der Waals surface area contributed by atoms with Crippen molar-refractivity contribution in [1.29, 1.82) is 0 Å². The summed E-state index contributed by atoms with van der Waals surface area (Å²) in [5.41, 5.74) is 3.39. The average molecular weight is 224 g/mol. The lowest BCUT2D eigenvalue weighted by molar-refractivity contribution is 0.630. The highest BCUT2D eigenvalue weighted by atomic mass is 19.1. The normalized spacial score (nSPS) is 9.59. The molecule has 1 heteroatoms. The van der Waals surface area contributed by atoms with Crippen LogP contribution in [0.3, 0.4) is 0 Å². The van der Waals surface area contributed by atoms with Crippen molar-refractivity contribution >= 4 is 0 Å². The van der Waals surface area contributed by atoms with E-state index in [1.165, 1.54) is 0 Å². The van der Waals surface area contributed by atoms with Gasteiger partial charge in [-0.2, -0.15) is 0 Å². The van der Waals surface area contributed by atoms with E-state index in [0.29, 0.717) is 5.56 Å². The Bertz CT molecular complexity index is 583. The van der Waals surface area contributed by atoms with Crippen molar-refractivity contribution in [2.75, 3.05) is 0 Å². The molecule has 0 fully saturated rings. The summed E-state index contributed by atoms with van der Waals surface area (Å²) in [6.07, 6.45) is 0. The molecule has 0 aromatic heterocycles. The molecule has 0 aliphatic carbocycles. The number of hydrogen-bond donors (Lipinski definition) is 0. The van der Waals surface area contributed by atoms with Gasteiger partial charge in [-0.05, 0) is 43.2 Å². The third-order valence-corrected chi connectivity index (χ3v) is 2.59. The summed E-state index contributed by atoms with van der Waals surface area (Å²) >= 11 is 0. The zero-order valence-electron chi connectivity index (χ0n) is 9.92. The Hall–Kier alpha value is -2.07. The van der Waals surface area contributed by atoms with Gasteiger partial charge in [-0.25, -0.2) is 4.39 Å². The van der Waals surface area contributed by atoms with Gasteiger partial charge in [-0.1, -0.05) is 30.2 Å². The number of aryl methyl sites for hydroxylation is 1. The molecule has 0 nitrogen and oxygen atoms in total. The topological polar surface area (TPSA) is 0 Å². The summed E-state index contributed by atoms with van der Waals surface area (Å²) in [5, 5.41) is 0. The van der Waals surface area contributed by atoms with Gasteiger partial charge >= 0.3 is 0 Å². The summed E-state index contributed by atoms with van der Waals surface area (Å²) in [6, 6.07) is 12.9. The molecule has 0 saturated carbocycles. The fraction of sp³-hybridized carbons (Fsp3) is 0.125. The van der Waals surface area contributed by atoms with Crippen LogP contribution >= 0.6 is 0 Å². The minimum absolute atomic E-state index is 0.181. The zero-order chi connectivity index (χ0) is 12.3. The highest BCUT2D eigenvalue weighted by Crippen LogP contribution is 2.23. The molecule has 2 rings (SSSR count). The van der Waals surface area contributed by atoms with Gasteiger partial charge in [0.2, 0.25) is 0 Å². The van der Waals surface area contributed by atoms with Gasteiger partial charge in [0, 0.05) is 11.1 Å². The maximum Gasteiger partial charge on any atom is 0.131 e. The molecule has 0 radical (unpaired) electrons. The van der Waals surface area contributed by atoms with Gasteiger partial charge < -0.3 is 0 Å². The standard InChI is InChI=1S/C16H13F/c1-3-4-13-6-8-14(9-7-13)15-10-5-12(2)11-16(15)17/h5-11H,1-2H3. The van der Waals surface area contributed by atoms with Crippen LogP contribution in [0.25, 0.3) is 11.1 Å². The van der Waals surface area contributed by atoms with Crippen LogP contribution in [0.1, 0.15) is 18.1 Å². The number of halogens is 1. The summed E-state index contributed by atoms with van der Waals surface area (Å²) in [7, 11) is 0. The molecule has 0 atom stereocenters. The molecule has 0 spiro atoms. The quantitative estimate of drug-likeness (QED) is 0.638. The maximum atomic E-state index is 13.8. The van der Waals surface area contributed by atoms with E-state index < -0.39 is 0 Å². The van der Waals surface area contributed by atoms with Crippen molar-refractivity contribution in [1.82, 2.24) is 0 Å². The summed E-state index contributed by atoms with van der Waals surface area (Å²) in [5.74, 6) is 5.62. The Morgan fingerprint density at radius 3 is 2.29 bits per heavy atom. The number of hydrogen-bond acceptors (Lipinski definition) is 0. The molecule has 2 aromatic rings. The Morgan fingerprint density at radius 1 is 1.00 bits per heavy atom. The van der Waals surface area contributed by atoms with Gasteiger partial charge in [-0.15, -0.1) is 5.92 Å². The zero-order valence-corrected chi connectivity index (χ0v) is 9.92. The van der Waals surface area contributed by atoms with Crippen LogP contribution in [0, 0.1) is 24.6 Å². The summed E-state index contributed by atoms with van der Waals surface area (Å²) in [6.45, 7) is 3.68. The van der Waals surface area contributed by atoms with E-state index in [4.69, 9.17) is 0 Å². The molecule has 0 N–H and O–H groups in total. The smallest absolute Gasteiger partial charge is 0.131 e. The van der Waals surface area contributed by atoms with Crippen LogP contribution in [0.5, 0.6) is 0 Å². The fourth-order valence-electron chi connectivity index (χ4n) is 1.73. The molecule has 0 amide bonds. The van der Waals surface area contributed by atoms with Crippen molar-refractivity contribution in [2.45, 2.75) is 13.8 Å². The van der Waals surface area contributed by atoms with Gasteiger partial charge in [-0.3, -0.25) is 0 Å². The van der Waals surface area contributed by atoms with Gasteiger partial charge in [0.1, 0.15) is 5.82 Å². The Labute approximate surface area is 101 Å². The first kappa shape index (κ1) is 11.4. The molecular weight excluding hydrogens is 211 g/mol. The average Bonchev–Trinajstić information content (AvgIpc) is 2.31. The maximum absolute atomic E-state index is 13.8. The Balaban J connectivity index is 2.42. The Kier molecular flexibility index (Phi) is 3.25. The van der Waals surface area contributed by atoms with E-state index in [0.717, 1.165) is 16.7 Å². The number of rotatable bonds is 1. The van der Waals surface area contributed by atoms with E-state index in [9.17, 15) is 4.39 Å².